The van der Waals surface area contributed by atoms with Crippen LogP contribution in [0, 0.1) is 19.8 Å². The minimum absolute atomic E-state index is 0.225. The Hall–Kier alpha value is -2.32. The zero-order chi connectivity index (χ0) is 21.6. The Morgan fingerprint density at radius 1 is 1.33 bits per heavy atom. The lowest BCUT2D eigenvalue weighted by atomic mass is 9.97. The lowest BCUT2D eigenvalue weighted by Crippen LogP contribution is -2.43. The van der Waals surface area contributed by atoms with Gasteiger partial charge in [-0.15, -0.1) is 0 Å². The molecule has 1 atom stereocenters. The second-order valence-corrected chi connectivity index (χ2v) is 8.30. The second kappa shape index (κ2) is 10.1. The van der Waals surface area contributed by atoms with Crippen molar-refractivity contribution in [1.29, 1.82) is 0 Å². The molecule has 30 heavy (non-hydrogen) atoms. The second-order valence-electron chi connectivity index (χ2n) is 8.30. The molecule has 1 fully saturated rings. The third-order valence-corrected chi connectivity index (χ3v) is 5.64. The van der Waals surface area contributed by atoms with Gasteiger partial charge in [0.05, 0.1) is 25.0 Å². The number of aliphatic imine (C=N–C) groups is 1. The van der Waals surface area contributed by atoms with Gasteiger partial charge in [-0.2, -0.15) is 0 Å². The zero-order valence-corrected chi connectivity index (χ0v) is 18.6. The average Bonchev–Trinajstić information content (AvgIpc) is 3.36. The van der Waals surface area contributed by atoms with Crippen molar-refractivity contribution in [2.75, 3.05) is 32.7 Å². The highest BCUT2D eigenvalue weighted by Crippen LogP contribution is 2.21. The van der Waals surface area contributed by atoms with Crippen molar-refractivity contribution in [3.05, 3.63) is 41.5 Å². The number of nitrogens with one attached hydrogen (secondary N) is 2. The number of furan rings is 1. The molecule has 1 aliphatic heterocycles. The SMILES string of the molecule is CCNC(=NCC(C)(O)c1ccco1)NCC1CCN(Cc2nc(C)c(C)o2)CC1. The van der Waals surface area contributed by atoms with Gasteiger partial charge in [0.25, 0.3) is 0 Å². The fourth-order valence-electron chi connectivity index (χ4n) is 3.63. The average molecular weight is 418 g/mol. The van der Waals surface area contributed by atoms with Crippen molar-refractivity contribution in [2.24, 2.45) is 10.9 Å². The Morgan fingerprint density at radius 2 is 2.10 bits per heavy atom. The summed E-state index contributed by atoms with van der Waals surface area (Å²) in [6, 6.07) is 3.54. The maximum Gasteiger partial charge on any atom is 0.208 e. The van der Waals surface area contributed by atoms with Gasteiger partial charge >= 0.3 is 0 Å². The van der Waals surface area contributed by atoms with Gasteiger partial charge in [0.15, 0.2) is 5.96 Å². The maximum atomic E-state index is 10.6. The minimum atomic E-state index is -1.13. The Morgan fingerprint density at radius 3 is 2.70 bits per heavy atom. The Kier molecular flexibility index (Phi) is 7.55. The first-order valence-electron chi connectivity index (χ1n) is 10.8. The van der Waals surface area contributed by atoms with Crippen LogP contribution in [0.2, 0.25) is 0 Å². The molecule has 0 aromatic carbocycles. The molecule has 166 valence electrons. The van der Waals surface area contributed by atoms with Crippen LogP contribution in [0.25, 0.3) is 0 Å². The van der Waals surface area contributed by atoms with Gasteiger partial charge in [0.2, 0.25) is 5.89 Å². The summed E-state index contributed by atoms with van der Waals surface area (Å²) in [5, 5.41) is 17.3. The van der Waals surface area contributed by atoms with Crippen LogP contribution in [-0.2, 0) is 12.1 Å². The van der Waals surface area contributed by atoms with Crippen LogP contribution >= 0.6 is 0 Å². The van der Waals surface area contributed by atoms with Gasteiger partial charge in [-0.3, -0.25) is 4.90 Å². The highest BCUT2D eigenvalue weighted by molar-refractivity contribution is 5.79. The lowest BCUT2D eigenvalue weighted by molar-refractivity contribution is 0.0437. The number of likely N-dealkylation sites (tertiary alicyclic amines) is 1. The number of hydrogen-bond donors (Lipinski definition) is 3. The molecule has 0 bridgehead atoms. The summed E-state index contributed by atoms with van der Waals surface area (Å²) in [5.74, 6) is 3.55. The van der Waals surface area contributed by atoms with E-state index >= 15 is 0 Å². The van der Waals surface area contributed by atoms with E-state index in [1.165, 1.54) is 0 Å². The van der Waals surface area contributed by atoms with E-state index in [0.29, 0.717) is 11.7 Å². The predicted octanol–water partition coefficient (Wildman–Crippen LogP) is 2.56. The van der Waals surface area contributed by atoms with Crippen molar-refractivity contribution in [3.63, 3.8) is 0 Å². The summed E-state index contributed by atoms with van der Waals surface area (Å²) in [6.45, 7) is 12.4. The van der Waals surface area contributed by atoms with Crippen molar-refractivity contribution in [3.8, 4) is 0 Å². The molecule has 0 aliphatic carbocycles. The Balaban J connectivity index is 1.45. The van der Waals surface area contributed by atoms with Gasteiger partial charge < -0.3 is 24.6 Å². The first-order valence-corrected chi connectivity index (χ1v) is 10.8. The number of nitrogens with zero attached hydrogens (tertiary/aromatic N) is 3. The quantitative estimate of drug-likeness (QED) is 0.448. The molecule has 2 aromatic heterocycles. The number of hydrogen-bond acceptors (Lipinski definition) is 6. The van der Waals surface area contributed by atoms with Crippen LogP contribution in [0.15, 0.2) is 32.2 Å². The van der Waals surface area contributed by atoms with Crippen LogP contribution in [0.4, 0.5) is 0 Å². The summed E-state index contributed by atoms with van der Waals surface area (Å²) in [6.07, 6.45) is 3.80. The molecule has 0 amide bonds. The molecule has 2 aromatic rings. The molecule has 0 radical (unpaired) electrons. The summed E-state index contributed by atoms with van der Waals surface area (Å²) >= 11 is 0. The lowest BCUT2D eigenvalue weighted by Gasteiger charge is -2.31. The molecule has 3 rings (SSSR count). The van der Waals surface area contributed by atoms with Crippen LogP contribution in [0.1, 0.15) is 49.8 Å². The maximum absolute atomic E-state index is 10.6. The molecular weight excluding hydrogens is 382 g/mol. The summed E-state index contributed by atoms with van der Waals surface area (Å²) in [5.41, 5.74) is -0.154. The van der Waals surface area contributed by atoms with Crippen molar-refractivity contribution >= 4 is 5.96 Å². The smallest absolute Gasteiger partial charge is 0.208 e. The molecule has 3 N–H and O–H groups in total. The van der Waals surface area contributed by atoms with E-state index in [9.17, 15) is 5.11 Å². The van der Waals surface area contributed by atoms with Crippen molar-refractivity contribution in [2.45, 2.75) is 52.7 Å². The largest absolute Gasteiger partial charge is 0.466 e. The van der Waals surface area contributed by atoms with E-state index in [1.54, 1.807) is 25.3 Å². The molecular formula is C22H35N5O3. The molecule has 1 aliphatic rings. The first-order chi connectivity index (χ1) is 14.4. The van der Waals surface area contributed by atoms with E-state index in [-0.39, 0.29) is 6.54 Å². The molecule has 3 heterocycles. The number of guanidine groups is 1. The highest BCUT2D eigenvalue weighted by Gasteiger charge is 2.26. The minimum Gasteiger partial charge on any atom is -0.466 e. The Bertz CT molecular complexity index is 785. The van der Waals surface area contributed by atoms with Gasteiger partial charge in [-0.05, 0) is 71.7 Å². The van der Waals surface area contributed by atoms with E-state index < -0.39 is 5.60 Å². The van der Waals surface area contributed by atoms with Crippen molar-refractivity contribution < 1.29 is 13.9 Å². The summed E-state index contributed by atoms with van der Waals surface area (Å²) in [7, 11) is 0. The van der Waals surface area contributed by atoms with Crippen LogP contribution in [-0.4, -0.2) is 53.7 Å². The highest BCUT2D eigenvalue weighted by atomic mass is 16.4. The summed E-state index contributed by atoms with van der Waals surface area (Å²) < 4.78 is 11.0. The summed E-state index contributed by atoms with van der Waals surface area (Å²) in [4.78, 5) is 11.5. The molecule has 0 saturated carbocycles. The van der Waals surface area contributed by atoms with E-state index in [2.05, 4.69) is 25.5 Å². The monoisotopic (exact) mass is 417 g/mol. The Labute approximate surface area is 178 Å². The van der Waals surface area contributed by atoms with E-state index in [1.807, 2.05) is 20.8 Å². The van der Waals surface area contributed by atoms with Gasteiger partial charge in [-0.25, -0.2) is 9.98 Å². The van der Waals surface area contributed by atoms with Gasteiger partial charge in [0, 0.05) is 13.1 Å². The normalized spacial score (nSPS) is 18.4. The number of rotatable bonds is 8. The van der Waals surface area contributed by atoms with Gasteiger partial charge in [0.1, 0.15) is 17.1 Å². The van der Waals surface area contributed by atoms with E-state index in [4.69, 9.17) is 8.83 Å². The number of piperidine rings is 1. The molecule has 8 heteroatoms. The third-order valence-electron chi connectivity index (χ3n) is 5.64. The third kappa shape index (κ3) is 6.09. The van der Waals surface area contributed by atoms with Crippen LogP contribution < -0.4 is 10.6 Å². The molecule has 1 saturated heterocycles. The number of aromatic nitrogens is 1. The van der Waals surface area contributed by atoms with Crippen molar-refractivity contribution in [1.82, 2.24) is 20.5 Å². The van der Waals surface area contributed by atoms with Crippen LogP contribution in [0.3, 0.4) is 0 Å². The molecule has 0 spiro atoms. The standard InChI is InChI=1S/C22H35N5O3/c1-5-23-21(25-15-22(4,28)19-7-6-12-29-19)24-13-18-8-10-27(11-9-18)14-20-26-16(2)17(3)30-20/h6-7,12,18,28H,5,8-11,13-15H2,1-4H3,(H2,23,24,25). The predicted molar refractivity (Wildman–Crippen MR) is 116 cm³/mol. The van der Waals surface area contributed by atoms with Crippen LogP contribution in [0.5, 0.6) is 0 Å². The number of aryl methyl sites for hydroxylation is 2. The number of oxazole rings is 1. The topological polar surface area (TPSA) is 99.1 Å². The molecule has 8 nitrogen and oxygen atoms in total. The fraction of sp³-hybridized carbons (Fsp3) is 0.636. The fourth-order valence-corrected chi connectivity index (χ4v) is 3.63. The molecule has 1 unspecified atom stereocenters. The number of aliphatic hydroxyl groups is 1. The first kappa shape index (κ1) is 22.4. The zero-order valence-electron chi connectivity index (χ0n) is 18.6. The van der Waals surface area contributed by atoms with E-state index in [0.717, 1.165) is 68.9 Å². The van der Waals surface area contributed by atoms with Gasteiger partial charge in [-0.1, -0.05) is 0 Å².